The molecule has 0 fully saturated rings. The molecule has 0 unspecified atom stereocenters. The van der Waals surface area contributed by atoms with Crippen molar-refractivity contribution in [3.63, 3.8) is 0 Å². The molecule has 0 saturated carbocycles. The van der Waals surface area contributed by atoms with Gasteiger partial charge in [0.05, 0.1) is 12.6 Å². The predicted molar refractivity (Wildman–Crippen MR) is 92.2 cm³/mol. The van der Waals surface area contributed by atoms with Crippen molar-refractivity contribution in [3.05, 3.63) is 60.3 Å². The third-order valence-corrected chi connectivity index (χ3v) is 3.90. The first-order chi connectivity index (χ1) is 11.2. The van der Waals surface area contributed by atoms with Gasteiger partial charge in [0.25, 0.3) is 0 Å². The van der Waals surface area contributed by atoms with Crippen LogP contribution in [-0.2, 0) is 11.2 Å². The SMILES string of the molecule is COc1ccc2c(c1)c(CCNC(C)=O)cn2-c1ccccc1. The fourth-order valence-electron chi connectivity index (χ4n) is 2.78. The number of hydrogen-bond acceptors (Lipinski definition) is 2. The molecule has 4 nitrogen and oxygen atoms in total. The highest BCUT2D eigenvalue weighted by atomic mass is 16.5. The van der Waals surface area contributed by atoms with Crippen LogP contribution in [0.5, 0.6) is 5.75 Å². The third kappa shape index (κ3) is 3.21. The summed E-state index contributed by atoms with van der Waals surface area (Å²) in [5.41, 5.74) is 3.44. The molecule has 4 heteroatoms. The number of ether oxygens (including phenoxy) is 1. The van der Waals surface area contributed by atoms with E-state index in [2.05, 4.69) is 40.3 Å². The molecule has 23 heavy (non-hydrogen) atoms. The first-order valence-corrected chi connectivity index (χ1v) is 7.67. The highest BCUT2D eigenvalue weighted by molar-refractivity contribution is 5.87. The van der Waals surface area contributed by atoms with Crippen LogP contribution in [0.3, 0.4) is 0 Å². The Morgan fingerprint density at radius 2 is 1.96 bits per heavy atom. The van der Waals surface area contributed by atoms with Gasteiger partial charge in [0, 0.05) is 30.7 Å². The van der Waals surface area contributed by atoms with Crippen LogP contribution in [0.15, 0.2) is 54.7 Å². The highest BCUT2D eigenvalue weighted by Crippen LogP contribution is 2.28. The quantitative estimate of drug-likeness (QED) is 0.786. The Kier molecular flexibility index (Phi) is 4.33. The van der Waals surface area contributed by atoms with Crippen molar-refractivity contribution < 1.29 is 9.53 Å². The van der Waals surface area contributed by atoms with Gasteiger partial charge in [-0.2, -0.15) is 0 Å². The van der Waals surface area contributed by atoms with E-state index in [1.54, 1.807) is 7.11 Å². The number of benzene rings is 2. The number of aromatic nitrogens is 1. The van der Waals surface area contributed by atoms with E-state index >= 15 is 0 Å². The zero-order valence-corrected chi connectivity index (χ0v) is 13.4. The molecule has 1 heterocycles. The summed E-state index contributed by atoms with van der Waals surface area (Å²) < 4.78 is 7.53. The topological polar surface area (TPSA) is 43.3 Å². The van der Waals surface area contributed by atoms with Crippen molar-refractivity contribution in [2.75, 3.05) is 13.7 Å². The number of rotatable bonds is 5. The van der Waals surface area contributed by atoms with E-state index in [4.69, 9.17) is 4.74 Å². The lowest BCUT2D eigenvalue weighted by molar-refractivity contribution is -0.118. The summed E-state index contributed by atoms with van der Waals surface area (Å²) in [6, 6.07) is 16.3. The van der Waals surface area contributed by atoms with Crippen LogP contribution in [0.25, 0.3) is 16.6 Å². The van der Waals surface area contributed by atoms with Crippen molar-refractivity contribution in [2.24, 2.45) is 0 Å². The Balaban J connectivity index is 2.05. The van der Waals surface area contributed by atoms with Crippen molar-refractivity contribution >= 4 is 16.8 Å². The Bertz CT molecular complexity index is 822. The third-order valence-electron chi connectivity index (χ3n) is 3.90. The van der Waals surface area contributed by atoms with Crippen molar-refractivity contribution in [1.29, 1.82) is 0 Å². The van der Waals surface area contributed by atoms with Gasteiger partial charge in [0.1, 0.15) is 5.75 Å². The van der Waals surface area contributed by atoms with Gasteiger partial charge < -0.3 is 14.6 Å². The number of fused-ring (bicyclic) bond motifs is 1. The zero-order valence-electron chi connectivity index (χ0n) is 13.4. The Morgan fingerprint density at radius 1 is 1.17 bits per heavy atom. The molecule has 2 aromatic carbocycles. The smallest absolute Gasteiger partial charge is 0.216 e. The fourth-order valence-corrected chi connectivity index (χ4v) is 2.78. The lowest BCUT2D eigenvalue weighted by atomic mass is 10.1. The lowest BCUT2D eigenvalue weighted by Gasteiger charge is -2.05. The fraction of sp³-hybridized carbons (Fsp3) is 0.211. The van der Waals surface area contributed by atoms with Crippen LogP contribution >= 0.6 is 0 Å². The summed E-state index contributed by atoms with van der Waals surface area (Å²) in [6.07, 6.45) is 2.92. The number of nitrogens with one attached hydrogen (secondary N) is 1. The molecule has 118 valence electrons. The largest absolute Gasteiger partial charge is 0.497 e. The Morgan fingerprint density at radius 3 is 2.65 bits per heavy atom. The number of para-hydroxylation sites is 1. The van der Waals surface area contributed by atoms with E-state index < -0.39 is 0 Å². The molecule has 0 aliphatic rings. The number of hydrogen-bond donors (Lipinski definition) is 1. The first kappa shape index (κ1) is 15.2. The second kappa shape index (κ2) is 6.57. The molecule has 0 aliphatic heterocycles. The zero-order chi connectivity index (χ0) is 16.2. The molecule has 3 rings (SSSR count). The van der Waals surface area contributed by atoms with E-state index in [-0.39, 0.29) is 5.91 Å². The van der Waals surface area contributed by atoms with Gasteiger partial charge in [0.2, 0.25) is 5.91 Å². The van der Waals surface area contributed by atoms with Crippen molar-refractivity contribution in [2.45, 2.75) is 13.3 Å². The summed E-state index contributed by atoms with van der Waals surface area (Å²) in [5, 5.41) is 4.01. The standard InChI is InChI=1S/C19H20N2O2/c1-14(22)20-11-10-15-13-21(16-6-4-3-5-7-16)19-9-8-17(23-2)12-18(15)19/h3-9,12-13H,10-11H2,1-2H3,(H,20,22). The van der Waals surface area contributed by atoms with E-state index in [0.717, 1.165) is 28.8 Å². The van der Waals surface area contributed by atoms with Crippen LogP contribution in [0.4, 0.5) is 0 Å². The number of amides is 1. The molecular weight excluding hydrogens is 288 g/mol. The van der Waals surface area contributed by atoms with Gasteiger partial charge in [-0.15, -0.1) is 0 Å². The van der Waals surface area contributed by atoms with Crippen LogP contribution in [0.2, 0.25) is 0 Å². The Labute approximate surface area is 135 Å². The summed E-state index contributed by atoms with van der Waals surface area (Å²) >= 11 is 0. The molecular formula is C19H20N2O2. The minimum absolute atomic E-state index is 0.00521. The van der Waals surface area contributed by atoms with Gasteiger partial charge in [-0.05, 0) is 42.3 Å². The maximum absolute atomic E-state index is 11.1. The maximum Gasteiger partial charge on any atom is 0.216 e. The minimum Gasteiger partial charge on any atom is -0.497 e. The number of carbonyl (C=O) groups excluding carboxylic acids is 1. The molecule has 0 atom stereocenters. The maximum atomic E-state index is 11.1. The van der Waals surface area contributed by atoms with Crippen LogP contribution in [0, 0.1) is 0 Å². The van der Waals surface area contributed by atoms with E-state index in [1.807, 2.05) is 24.3 Å². The predicted octanol–water partition coefficient (Wildman–Crippen LogP) is 3.32. The number of methoxy groups -OCH3 is 1. The van der Waals surface area contributed by atoms with Crippen LogP contribution < -0.4 is 10.1 Å². The monoisotopic (exact) mass is 308 g/mol. The highest BCUT2D eigenvalue weighted by Gasteiger charge is 2.11. The second-order valence-electron chi connectivity index (χ2n) is 5.48. The van der Waals surface area contributed by atoms with Crippen LogP contribution in [0.1, 0.15) is 12.5 Å². The van der Waals surface area contributed by atoms with Gasteiger partial charge >= 0.3 is 0 Å². The van der Waals surface area contributed by atoms with Gasteiger partial charge in [0.15, 0.2) is 0 Å². The van der Waals surface area contributed by atoms with Gasteiger partial charge in [-0.1, -0.05) is 18.2 Å². The first-order valence-electron chi connectivity index (χ1n) is 7.67. The molecule has 1 N–H and O–H groups in total. The second-order valence-corrected chi connectivity index (χ2v) is 5.48. The van der Waals surface area contributed by atoms with E-state index in [1.165, 1.54) is 12.5 Å². The average Bonchev–Trinajstić information content (AvgIpc) is 2.93. The molecule has 1 aromatic heterocycles. The van der Waals surface area contributed by atoms with Crippen molar-refractivity contribution in [3.8, 4) is 11.4 Å². The summed E-state index contributed by atoms with van der Waals surface area (Å²) in [5.74, 6) is 0.832. The minimum atomic E-state index is -0.00521. The molecule has 0 spiro atoms. The number of nitrogens with zero attached hydrogens (tertiary/aromatic N) is 1. The summed E-state index contributed by atoms with van der Waals surface area (Å²) in [7, 11) is 1.67. The average molecular weight is 308 g/mol. The summed E-state index contributed by atoms with van der Waals surface area (Å²) in [6.45, 7) is 2.16. The summed E-state index contributed by atoms with van der Waals surface area (Å²) in [4.78, 5) is 11.1. The van der Waals surface area contributed by atoms with Gasteiger partial charge in [-0.3, -0.25) is 4.79 Å². The molecule has 0 aliphatic carbocycles. The van der Waals surface area contributed by atoms with Crippen LogP contribution in [-0.4, -0.2) is 24.1 Å². The van der Waals surface area contributed by atoms with E-state index in [0.29, 0.717) is 6.54 Å². The normalized spacial score (nSPS) is 10.7. The molecule has 1 amide bonds. The Hall–Kier alpha value is -2.75. The number of carbonyl (C=O) groups is 1. The van der Waals surface area contributed by atoms with Gasteiger partial charge in [-0.25, -0.2) is 0 Å². The van der Waals surface area contributed by atoms with Crippen molar-refractivity contribution in [1.82, 2.24) is 9.88 Å². The molecule has 0 bridgehead atoms. The lowest BCUT2D eigenvalue weighted by Crippen LogP contribution is -2.22. The molecule has 3 aromatic rings. The van der Waals surface area contributed by atoms with E-state index in [9.17, 15) is 4.79 Å². The molecule has 0 radical (unpaired) electrons. The molecule has 0 saturated heterocycles.